The van der Waals surface area contributed by atoms with Gasteiger partial charge in [-0.15, -0.1) is 0 Å². The lowest BCUT2D eigenvalue weighted by molar-refractivity contribution is -0.220. The maximum atomic E-state index is 12.8. The van der Waals surface area contributed by atoms with E-state index in [4.69, 9.17) is 18.5 Å². The molecule has 0 aromatic rings. The molecular formula is C44H77O13P. The zero-order valence-electron chi connectivity index (χ0n) is 35.3. The first-order valence-electron chi connectivity index (χ1n) is 21.9. The topological polar surface area (TPSA) is 210 Å². The van der Waals surface area contributed by atoms with Crippen molar-refractivity contribution in [2.45, 2.75) is 204 Å². The maximum absolute atomic E-state index is 12.8. The third-order valence-corrected chi connectivity index (χ3v) is 10.9. The quantitative estimate of drug-likeness (QED) is 0.0155. The second-order valence-corrected chi connectivity index (χ2v) is 16.6. The van der Waals surface area contributed by atoms with Gasteiger partial charge < -0.3 is 39.9 Å². The van der Waals surface area contributed by atoms with Gasteiger partial charge in [-0.1, -0.05) is 146 Å². The summed E-state index contributed by atoms with van der Waals surface area (Å²) in [5.74, 6) is -1.14. The molecule has 14 heteroatoms. The molecule has 1 aliphatic rings. The van der Waals surface area contributed by atoms with E-state index in [2.05, 4.69) is 62.5 Å². The van der Waals surface area contributed by atoms with Crippen molar-refractivity contribution >= 4 is 19.8 Å². The number of aliphatic hydroxyl groups is 5. The van der Waals surface area contributed by atoms with Crippen LogP contribution in [0.1, 0.15) is 162 Å². The summed E-state index contributed by atoms with van der Waals surface area (Å²) in [4.78, 5) is 35.6. The molecule has 1 saturated carbocycles. The van der Waals surface area contributed by atoms with Crippen LogP contribution < -0.4 is 0 Å². The van der Waals surface area contributed by atoms with Gasteiger partial charge in [0.15, 0.2) is 6.10 Å². The first kappa shape index (κ1) is 53.8. The number of phosphoric acid groups is 1. The van der Waals surface area contributed by atoms with Crippen molar-refractivity contribution in [3.63, 3.8) is 0 Å². The molecule has 6 N–H and O–H groups in total. The number of hydrogen-bond acceptors (Lipinski definition) is 12. The van der Waals surface area contributed by atoms with E-state index in [1.165, 1.54) is 57.8 Å². The van der Waals surface area contributed by atoms with Crippen LogP contribution in [-0.4, -0.2) is 98.3 Å². The molecule has 0 heterocycles. The maximum Gasteiger partial charge on any atom is 0.472 e. The summed E-state index contributed by atoms with van der Waals surface area (Å²) in [5, 5.41) is 50.1. The van der Waals surface area contributed by atoms with Gasteiger partial charge in [0, 0.05) is 12.8 Å². The Labute approximate surface area is 348 Å². The van der Waals surface area contributed by atoms with Crippen LogP contribution in [0.5, 0.6) is 0 Å². The molecule has 0 aromatic carbocycles. The Kier molecular flexibility index (Phi) is 32.0. The largest absolute Gasteiger partial charge is 0.472 e. The lowest BCUT2D eigenvalue weighted by Gasteiger charge is -2.41. The first-order valence-corrected chi connectivity index (χ1v) is 23.4. The van der Waals surface area contributed by atoms with E-state index in [1.54, 1.807) is 0 Å². The number of allylic oxidation sites excluding steroid dienone is 8. The number of rotatable bonds is 35. The minimum atomic E-state index is -5.12. The van der Waals surface area contributed by atoms with Gasteiger partial charge in [-0.25, -0.2) is 4.57 Å². The summed E-state index contributed by atoms with van der Waals surface area (Å²) in [5.41, 5.74) is 0. The number of phosphoric ester groups is 1. The van der Waals surface area contributed by atoms with Crippen LogP contribution in [0, 0.1) is 0 Å². The predicted octanol–water partition coefficient (Wildman–Crippen LogP) is 8.00. The summed E-state index contributed by atoms with van der Waals surface area (Å²) >= 11 is 0. The van der Waals surface area contributed by atoms with Gasteiger partial charge in [0.2, 0.25) is 0 Å². The van der Waals surface area contributed by atoms with Crippen LogP contribution in [0.3, 0.4) is 0 Å². The fourth-order valence-electron chi connectivity index (χ4n) is 6.34. The molecule has 0 amide bonds. The number of carbonyl (C=O) groups excluding carboxylic acids is 2. The van der Waals surface area contributed by atoms with Crippen molar-refractivity contribution in [1.29, 1.82) is 0 Å². The first-order chi connectivity index (χ1) is 27.9. The summed E-state index contributed by atoms with van der Waals surface area (Å²) in [6.07, 6.45) is 26.0. The van der Waals surface area contributed by atoms with Crippen LogP contribution in [0.15, 0.2) is 48.6 Å². The Bertz CT molecular complexity index is 1210. The van der Waals surface area contributed by atoms with Crippen molar-refractivity contribution in [3.05, 3.63) is 48.6 Å². The van der Waals surface area contributed by atoms with Gasteiger partial charge in [0.05, 0.1) is 6.61 Å². The van der Waals surface area contributed by atoms with Gasteiger partial charge >= 0.3 is 19.8 Å². The number of hydrogen-bond donors (Lipinski definition) is 6. The smallest absolute Gasteiger partial charge is 0.462 e. The summed E-state index contributed by atoms with van der Waals surface area (Å²) < 4.78 is 33.4. The minimum absolute atomic E-state index is 0.0590. The highest BCUT2D eigenvalue weighted by molar-refractivity contribution is 7.47. The second kappa shape index (κ2) is 34.5. The van der Waals surface area contributed by atoms with Crippen LogP contribution in [-0.2, 0) is 32.7 Å². The highest BCUT2D eigenvalue weighted by Crippen LogP contribution is 2.47. The molecule has 0 radical (unpaired) electrons. The van der Waals surface area contributed by atoms with Crippen molar-refractivity contribution in [2.24, 2.45) is 0 Å². The molecule has 0 saturated heterocycles. The lowest BCUT2D eigenvalue weighted by atomic mass is 9.85. The van der Waals surface area contributed by atoms with Crippen LogP contribution in [0.2, 0.25) is 0 Å². The van der Waals surface area contributed by atoms with E-state index >= 15 is 0 Å². The van der Waals surface area contributed by atoms with Crippen LogP contribution in [0.25, 0.3) is 0 Å². The Morgan fingerprint density at radius 1 is 0.534 bits per heavy atom. The van der Waals surface area contributed by atoms with Gasteiger partial charge in [-0.2, -0.15) is 0 Å². The summed E-state index contributed by atoms with van der Waals surface area (Å²) in [7, 11) is -5.12. The highest BCUT2D eigenvalue weighted by atomic mass is 31.2. The molecule has 1 rings (SSSR count). The molecule has 6 unspecified atom stereocenters. The van der Waals surface area contributed by atoms with E-state index < -0.39 is 75.7 Å². The van der Waals surface area contributed by atoms with Gasteiger partial charge in [-0.05, 0) is 51.4 Å². The predicted molar refractivity (Wildman–Crippen MR) is 226 cm³/mol. The Balaban J connectivity index is 2.52. The molecule has 336 valence electrons. The zero-order chi connectivity index (χ0) is 42.9. The summed E-state index contributed by atoms with van der Waals surface area (Å²) in [6.45, 7) is 3.18. The molecule has 0 aliphatic heterocycles. The standard InChI is InChI=1S/C44H77O13P/c1-3-5-7-9-11-13-15-17-18-19-20-21-23-25-27-29-31-33-38(46)56-36(34-54-37(45)32-30-28-26-24-22-16-14-12-10-8-6-4-2)35-55-58(52,53)57-44-42(50)40(48)39(47)41(49)43(44)51/h7,9,13,15,18-19,21,23,36,39-44,47-51H,3-6,8,10-12,14,16-17,20,22,24-35H2,1-2H3,(H,52,53)/b9-7+,15-13+,19-18+,23-21+/t36-,39?,40-,41?,42?,43?,44?/m1/s1. The lowest BCUT2D eigenvalue weighted by Crippen LogP contribution is -2.64. The minimum Gasteiger partial charge on any atom is -0.462 e. The molecule has 8 atom stereocenters. The van der Waals surface area contributed by atoms with E-state index in [1.807, 2.05) is 0 Å². The van der Waals surface area contributed by atoms with E-state index in [9.17, 15) is 44.6 Å². The third-order valence-electron chi connectivity index (χ3n) is 9.90. The third kappa shape index (κ3) is 26.8. The number of aliphatic hydroxyl groups excluding tert-OH is 5. The molecule has 1 aliphatic carbocycles. The Morgan fingerprint density at radius 2 is 0.966 bits per heavy atom. The molecule has 1 fully saturated rings. The van der Waals surface area contributed by atoms with Gasteiger partial charge in [0.25, 0.3) is 0 Å². The fraction of sp³-hybridized carbons (Fsp3) is 0.773. The Hall–Kier alpha value is -2.19. The summed E-state index contributed by atoms with van der Waals surface area (Å²) in [6, 6.07) is 0. The van der Waals surface area contributed by atoms with E-state index in [0.717, 1.165) is 64.2 Å². The molecule has 0 aromatic heterocycles. The van der Waals surface area contributed by atoms with Crippen molar-refractivity contribution < 1.29 is 63.1 Å². The van der Waals surface area contributed by atoms with Gasteiger partial charge in [-0.3, -0.25) is 18.6 Å². The fourth-order valence-corrected chi connectivity index (χ4v) is 7.31. The van der Waals surface area contributed by atoms with Crippen LogP contribution >= 0.6 is 7.82 Å². The average Bonchev–Trinajstić information content (AvgIpc) is 3.20. The molecule has 13 nitrogen and oxygen atoms in total. The second-order valence-electron chi connectivity index (χ2n) is 15.2. The number of ether oxygens (including phenoxy) is 2. The molecule has 0 bridgehead atoms. The van der Waals surface area contributed by atoms with E-state index in [0.29, 0.717) is 12.8 Å². The van der Waals surface area contributed by atoms with Crippen molar-refractivity contribution in [2.75, 3.05) is 13.2 Å². The monoisotopic (exact) mass is 845 g/mol. The number of unbranched alkanes of at least 4 members (excludes halogenated alkanes) is 15. The SMILES string of the molecule is CCC/C=C/C/C=C/C/C=C/C/C=C/CCCCCC(=O)O[C@H](COC(=O)CCCCCCCCCCCCCC)COP(=O)(O)OC1C(O)C(O)C(O)[C@@H](O)C1O. The van der Waals surface area contributed by atoms with Crippen molar-refractivity contribution in [3.8, 4) is 0 Å². The average molecular weight is 845 g/mol. The van der Waals surface area contributed by atoms with Crippen LogP contribution in [0.4, 0.5) is 0 Å². The molecule has 0 spiro atoms. The van der Waals surface area contributed by atoms with Crippen molar-refractivity contribution in [1.82, 2.24) is 0 Å². The molecule has 58 heavy (non-hydrogen) atoms. The Morgan fingerprint density at radius 3 is 1.48 bits per heavy atom. The highest BCUT2D eigenvalue weighted by Gasteiger charge is 2.51. The van der Waals surface area contributed by atoms with E-state index in [-0.39, 0.29) is 12.8 Å². The normalized spacial score (nSPS) is 23.0. The zero-order valence-corrected chi connectivity index (χ0v) is 36.2. The molecular weight excluding hydrogens is 767 g/mol. The number of carbonyl (C=O) groups is 2. The number of esters is 2. The van der Waals surface area contributed by atoms with Gasteiger partial charge in [0.1, 0.15) is 43.2 Å².